The highest BCUT2D eigenvalue weighted by Gasteiger charge is 2.10. The number of carbonyl (C=O) groups excluding carboxylic acids is 1. The Bertz CT molecular complexity index is 415. The summed E-state index contributed by atoms with van der Waals surface area (Å²) in [5.41, 5.74) is 0.0935. The van der Waals surface area contributed by atoms with Crippen molar-refractivity contribution >= 4 is 21.7 Å². The Hall–Kier alpha value is -1.14. The molecule has 3 heteroatoms. The van der Waals surface area contributed by atoms with Gasteiger partial charge in [-0.05, 0) is 25.1 Å². The molecule has 0 aliphatic carbocycles. The normalized spacial score (nSPS) is 9.07. The van der Waals surface area contributed by atoms with Gasteiger partial charge in [0, 0.05) is 4.47 Å². The van der Waals surface area contributed by atoms with Crippen molar-refractivity contribution < 1.29 is 9.18 Å². The molecule has 1 nitrogen and oxygen atoms in total. The van der Waals surface area contributed by atoms with E-state index in [-0.39, 0.29) is 17.8 Å². The van der Waals surface area contributed by atoms with Gasteiger partial charge in [-0.15, -0.1) is 5.92 Å². The highest BCUT2D eigenvalue weighted by Crippen LogP contribution is 2.16. The average molecular weight is 255 g/mol. The first-order valence-corrected chi connectivity index (χ1v) is 4.82. The SMILES string of the molecule is CC#CCC(=O)c1ccc(Br)cc1F. The molecular weight excluding hydrogens is 247 g/mol. The Morgan fingerprint density at radius 3 is 2.86 bits per heavy atom. The largest absolute Gasteiger partial charge is 0.293 e. The first kappa shape index (κ1) is 10.9. The Kier molecular flexibility index (Phi) is 3.84. The minimum atomic E-state index is -0.512. The van der Waals surface area contributed by atoms with Gasteiger partial charge in [-0.25, -0.2) is 4.39 Å². The van der Waals surface area contributed by atoms with Crippen molar-refractivity contribution in [3.05, 3.63) is 34.1 Å². The number of benzene rings is 1. The van der Waals surface area contributed by atoms with Crippen molar-refractivity contribution in [2.24, 2.45) is 0 Å². The molecular formula is C11H8BrFO. The van der Waals surface area contributed by atoms with E-state index in [2.05, 4.69) is 27.8 Å². The van der Waals surface area contributed by atoms with Gasteiger partial charge in [0.15, 0.2) is 5.78 Å². The predicted octanol–water partition coefficient (Wildman–Crippen LogP) is 3.18. The van der Waals surface area contributed by atoms with Gasteiger partial charge in [-0.3, -0.25) is 4.79 Å². The van der Waals surface area contributed by atoms with E-state index in [9.17, 15) is 9.18 Å². The third kappa shape index (κ3) is 2.68. The molecule has 0 aromatic heterocycles. The van der Waals surface area contributed by atoms with Gasteiger partial charge in [0.1, 0.15) is 5.82 Å². The van der Waals surface area contributed by atoms with Crippen molar-refractivity contribution in [1.82, 2.24) is 0 Å². The number of carbonyl (C=O) groups is 1. The first-order valence-electron chi connectivity index (χ1n) is 4.03. The van der Waals surface area contributed by atoms with Gasteiger partial charge in [-0.1, -0.05) is 21.9 Å². The number of ketones is 1. The van der Waals surface area contributed by atoms with Crippen molar-refractivity contribution in [3.63, 3.8) is 0 Å². The van der Waals surface area contributed by atoms with Crippen molar-refractivity contribution in [2.75, 3.05) is 0 Å². The number of hydrogen-bond donors (Lipinski definition) is 0. The van der Waals surface area contributed by atoms with Crippen molar-refractivity contribution in [2.45, 2.75) is 13.3 Å². The zero-order chi connectivity index (χ0) is 10.6. The quantitative estimate of drug-likeness (QED) is 0.586. The van der Waals surface area contributed by atoms with Crippen LogP contribution in [0.2, 0.25) is 0 Å². The topological polar surface area (TPSA) is 17.1 Å². The van der Waals surface area contributed by atoms with Crippen LogP contribution in [0.5, 0.6) is 0 Å². The Balaban J connectivity index is 2.94. The minimum absolute atomic E-state index is 0.0645. The molecule has 0 unspecified atom stereocenters. The third-order valence-electron chi connectivity index (χ3n) is 1.66. The second-order valence-electron chi connectivity index (χ2n) is 2.65. The second-order valence-corrected chi connectivity index (χ2v) is 3.57. The second kappa shape index (κ2) is 4.92. The van der Waals surface area contributed by atoms with Gasteiger partial charge >= 0.3 is 0 Å². The molecule has 0 amide bonds. The van der Waals surface area contributed by atoms with Gasteiger partial charge < -0.3 is 0 Å². The summed E-state index contributed by atoms with van der Waals surface area (Å²) in [5, 5.41) is 0. The summed E-state index contributed by atoms with van der Waals surface area (Å²) in [7, 11) is 0. The van der Waals surface area contributed by atoms with Crippen LogP contribution >= 0.6 is 15.9 Å². The molecule has 0 saturated carbocycles. The van der Waals surface area contributed by atoms with Crippen LogP contribution in [0.1, 0.15) is 23.7 Å². The van der Waals surface area contributed by atoms with E-state index >= 15 is 0 Å². The number of Topliss-reactive ketones (excluding diaryl/α,β-unsaturated/α-hetero) is 1. The van der Waals surface area contributed by atoms with Crippen LogP contribution in [-0.2, 0) is 0 Å². The summed E-state index contributed by atoms with van der Waals surface area (Å²) in [5.74, 6) is 4.41. The molecule has 0 aliphatic rings. The lowest BCUT2D eigenvalue weighted by Crippen LogP contribution is -2.00. The zero-order valence-electron chi connectivity index (χ0n) is 7.60. The monoisotopic (exact) mass is 254 g/mol. The van der Waals surface area contributed by atoms with Crippen LogP contribution in [0.15, 0.2) is 22.7 Å². The maximum Gasteiger partial charge on any atom is 0.177 e. The highest BCUT2D eigenvalue weighted by atomic mass is 79.9. The van der Waals surface area contributed by atoms with E-state index in [1.807, 2.05) is 0 Å². The molecule has 0 N–H and O–H groups in total. The summed E-state index contributed by atoms with van der Waals surface area (Å²) in [4.78, 5) is 11.4. The van der Waals surface area contributed by atoms with E-state index in [0.29, 0.717) is 4.47 Å². The summed E-state index contributed by atoms with van der Waals surface area (Å²) < 4.78 is 13.8. The van der Waals surface area contributed by atoms with Crippen LogP contribution in [-0.4, -0.2) is 5.78 Å². The third-order valence-corrected chi connectivity index (χ3v) is 2.15. The zero-order valence-corrected chi connectivity index (χ0v) is 9.19. The number of hydrogen-bond acceptors (Lipinski definition) is 1. The van der Waals surface area contributed by atoms with Gasteiger partial charge in [0.05, 0.1) is 12.0 Å². The fourth-order valence-electron chi connectivity index (χ4n) is 0.980. The molecule has 0 fully saturated rings. The van der Waals surface area contributed by atoms with Gasteiger partial charge in [0.25, 0.3) is 0 Å². The van der Waals surface area contributed by atoms with Crippen LogP contribution in [0.4, 0.5) is 4.39 Å². The van der Waals surface area contributed by atoms with E-state index < -0.39 is 5.82 Å². The molecule has 1 rings (SSSR count). The number of halogens is 2. The van der Waals surface area contributed by atoms with Crippen LogP contribution in [0.25, 0.3) is 0 Å². The Labute approximate surface area is 90.4 Å². The molecule has 0 bridgehead atoms. The predicted molar refractivity (Wildman–Crippen MR) is 56.5 cm³/mol. The van der Waals surface area contributed by atoms with Gasteiger partial charge in [-0.2, -0.15) is 0 Å². The van der Waals surface area contributed by atoms with Crippen LogP contribution < -0.4 is 0 Å². The molecule has 0 heterocycles. The van der Waals surface area contributed by atoms with E-state index in [0.717, 1.165) is 0 Å². The molecule has 0 atom stereocenters. The fourth-order valence-corrected chi connectivity index (χ4v) is 1.31. The lowest BCUT2D eigenvalue weighted by atomic mass is 10.1. The van der Waals surface area contributed by atoms with E-state index in [4.69, 9.17) is 0 Å². The minimum Gasteiger partial charge on any atom is -0.293 e. The summed E-state index contributed by atoms with van der Waals surface area (Å²) in [6.07, 6.45) is 0.0645. The molecule has 1 aromatic rings. The highest BCUT2D eigenvalue weighted by molar-refractivity contribution is 9.10. The molecule has 14 heavy (non-hydrogen) atoms. The lowest BCUT2D eigenvalue weighted by molar-refractivity contribution is 0.0994. The number of rotatable bonds is 2. The van der Waals surface area contributed by atoms with E-state index in [1.54, 1.807) is 13.0 Å². The van der Waals surface area contributed by atoms with Crippen LogP contribution in [0, 0.1) is 17.7 Å². The lowest BCUT2D eigenvalue weighted by Gasteiger charge is -1.99. The summed E-state index contributed by atoms with van der Waals surface area (Å²) in [6.45, 7) is 1.64. The summed E-state index contributed by atoms with van der Waals surface area (Å²) >= 11 is 3.12. The summed E-state index contributed by atoms with van der Waals surface area (Å²) in [6, 6.07) is 4.36. The first-order chi connectivity index (χ1) is 6.65. The van der Waals surface area contributed by atoms with Crippen LogP contribution in [0.3, 0.4) is 0 Å². The molecule has 1 aromatic carbocycles. The molecule has 0 saturated heterocycles. The molecule has 0 aliphatic heterocycles. The standard InChI is InChI=1S/C11H8BrFO/c1-2-3-4-11(14)9-6-5-8(12)7-10(9)13/h5-7H,4H2,1H3. The van der Waals surface area contributed by atoms with Crippen molar-refractivity contribution in [1.29, 1.82) is 0 Å². The van der Waals surface area contributed by atoms with Gasteiger partial charge in [0.2, 0.25) is 0 Å². The smallest absolute Gasteiger partial charge is 0.177 e. The maximum atomic E-state index is 13.2. The average Bonchev–Trinajstić information content (AvgIpc) is 2.14. The molecule has 0 spiro atoms. The molecule has 72 valence electrons. The fraction of sp³-hybridized carbons (Fsp3) is 0.182. The maximum absolute atomic E-state index is 13.2. The Morgan fingerprint density at radius 2 is 2.29 bits per heavy atom. The molecule has 0 radical (unpaired) electrons. The Morgan fingerprint density at radius 1 is 1.57 bits per heavy atom. The van der Waals surface area contributed by atoms with Crippen molar-refractivity contribution in [3.8, 4) is 11.8 Å². The van der Waals surface area contributed by atoms with E-state index in [1.165, 1.54) is 12.1 Å².